The Balaban J connectivity index is 1.07. The lowest BCUT2D eigenvalue weighted by atomic mass is 9.71. The number of ether oxygens (including phenoxy) is 1. The van der Waals surface area contributed by atoms with Gasteiger partial charge >= 0.3 is 6.09 Å². The Morgan fingerprint density at radius 2 is 1.83 bits per heavy atom. The molecule has 192 valence electrons. The third-order valence-electron chi connectivity index (χ3n) is 7.92. The first-order valence-corrected chi connectivity index (χ1v) is 14.4. The average Bonchev–Trinajstić information content (AvgIpc) is 3.28. The van der Waals surface area contributed by atoms with E-state index in [4.69, 9.17) is 16.3 Å². The van der Waals surface area contributed by atoms with Gasteiger partial charge in [-0.05, 0) is 49.8 Å². The summed E-state index contributed by atoms with van der Waals surface area (Å²) in [5, 5.41) is 0.147. The van der Waals surface area contributed by atoms with Crippen LogP contribution in [0.15, 0.2) is 23.1 Å². The normalized spacial score (nSPS) is 27.9. The monoisotopic (exact) mass is 525 g/mol. The number of hydrogen-bond donors (Lipinski definition) is 3. The summed E-state index contributed by atoms with van der Waals surface area (Å²) < 4.78 is 29.1. The number of carbonyl (C=O) groups is 2. The lowest BCUT2D eigenvalue weighted by molar-refractivity contribution is -0.152. The SMILES string of the molecule is CS(=O)(=O)c1cc(COC(=O)N2CCC3(CC2)CN(C(=O)C2CCC4NNNC4C2)C3)ccc1Cl. The molecule has 1 aromatic carbocycles. The fourth-order valence-electron chi connectivity index (χ4n) is 5.77. The summed E-state index contributed by atoms with van der Waals surface area (Å²) in [6.45, 7) is 2.69. The molecule has 4 aliphatic rings. The number of piperidine rings is 1. The largest absolute Gasteiger partial charge is 0.445 e. The van der Waals surface area contributed by atoms with Crippen LogP contribution >= 0.6 is 11.6 Å². The highest BCUT2D eigenvalue weighted by Crippen LogP contribution is 2.42. The minimum atomic E-state index is -3.47. The number of hydrogen-bond acceptors (Lipinski definition) is 8. The van der Waals surface area contributed by atoms with Crippen molar-refractivity contribution in [1.82, 2.24) is 26.2 Å². The van der Waals surface area contributed by atoms with Gasteiger partial charge in [0.1, 0.15) is 6.61 Å². The van der Waals surface area contributed by atoms with Crippen molar-refractivity contribution in [2.24, 2.45) is 11.3 Å². The van der Waals surface area contributed by atoms with Crippen LogP contribution in [0.4, 0.5) is 4.79 Å². The van der Waals surface area contributed by atoms with E-state index in [1.165, 1.54) is 12.1 Å². The Hall–Kier alpha value is -1.92. The molecule has 3 N–H and O–H groups in total. The lowest BCUT2D eigenvalue weighted by Gasteiger charge is -2.54. The Bertz CT molecular complexity index is 1100. The molecular formula is C23H32ClN5O5S. The molecule has 4 fully saturated rings. The number of nitrogens with zero attached hydrogens (tertiary/aromatic N) is 2. The second kappa shape index (κ2) is 9.51. The van der Waals surface area contributed by atoms with Crippen molar-refractivity contribution >= 4 is 33.4 Å². The molecule has 12 heteroatoms. The summed E-state index contributed by atoms with van der Waals surface area (Å²) in [5.74, 6) is 0.343. The first-order chi connectivity index (χ1) is 16.6. The number of fused-ring (bicyclic) bond motifs is 1. The Morgan fingerprint density at radius 3 is 2.54 bits per heavy atom. The van der Waals surface area contributed by atoms with Gasteiger partial charge in [-0.3, -0.25) is 4.79 Å². The number of amides is 2. The molecule has 2 amide bonds. The first-order valence-electron chi connectivity index (χ1n) is 12.1. The van der Waals surface area contributed by atoms with Crippen molar-refractivity contribution in [2.45, 2.75) is 55.7 Å². The number of carbonyl (C=O) groups excluding carboxylic acids is 2. The van der Waals surface area contributed by atoms with E-state index in [0.29, 0.717) is 30.7 Å². The van der Waals surface area contributed by atoms with Crippen LogP contribution in [-0.2, 0) is 26.0 Å². The minimum Gasteiger partial charge on any atom is -0.445 e. The van der Waals surface area contributed by atoms with E-state index in [0.717, 1.165) is 51.4 Å². The maximum absolute atomic E-state index is 13.0. The van der Waals surface area contributed by atoms with Crippen LogP contribution in [0, 0.1) is 11.3 Å². The summed E-state index contributed by atoms with van der Waals surface area (Å²) >= 11 is 5.98. The van der Waals surface area contributed by atoms with Crippen molar-refractivity contribution in [1.29, 1.82) is 0 Å². The van der Waals surface area contributed by atoms with Crippen molar-refractivity contribution in [3.63, 3.8) is 0 Å². The van der Waals surface area contributed by atoms with Crippen molar-refractivity contribution < 1.29 is 22.7 Å². The topological polar surface area (TPSA) is 120 Å². The van der Waals surface area contributed by atoms with Gasteiger partial charge in [-0.2, -0.15) is 5.53 Å². The highest BCUT2D eigenvalue weighted by Gasteiger charge is 2.49. The van der Waals surface area contributed by atoms with Crippen LogP contribution in [0.1, 0.15) is 37.7 Å². The highest BCUT2D eigenvalue weighted by atomic mass is 35.5. The molecule has 1 saturated carbocycles. The molecule has 0 bridgehead atoms. The molecule has 3 unspecified atom stereocenters. The van der Waals surface area contributed by atoms with Gasteiger partial charge in [-0.15, -0.1) is 0 Å². The van der Waals surface area contributed by atoms with Gasteiger partial charge in [0.25, 0.3) is 0 Å². The third kappa shape index (κ3) is 5.15. The standard InChI is InChI=1S/C23H32ClN5O5S/c1-35(32,33)20-10-15(2-4-17(20)24)12-34-22(31)28-8-6-23(7-9-28)13-29(14-23)21(30)16-3-5-18-19(11-16)26-27-25-18/h2,4,10,16,18-19,25-27H,3,5-9,11-14H2,1H3. The Labute approximate surface area is 210 Å². The summed E-state index contributed by atoms with van der Waals surface area (Å²) in [6.07, 6.45) is 5.12. The van der Waals surface area contributed by atoms with Crippen LogP contribution in [-0.4, -0.2) is 74.7 Å². The zero-order valence-electron chi connectivity index (χ0n) is 19.8. The second-order valence-electron chi connectivity index (χ2n) is 10.4. The fourth-order valence-corrected chi connectivity index (χ4v) is 7.10. The van der Waals surface area contributed by atoms with Gasteiger partial charge in [-0.1, -0.05) is 17.7 Å². The number of nitrogens with one attached hydrogen (secondary N) is 3. The van der Waals surface area contributed by atoms with E-state index in [9.17, 15) is 18.0 Å². The molecule has 1 spiro atoms. The van der Waals surface area contributed by atoms with Crippen molar-refractivity contribution in [3.05, 3.63) is 28.8 Å². The number of sulfone groups is 1. The van der Waals surface area contributed by atoms with E-state index in [1.807, 2.05) is 4.90 Å². The van der Waals surface area contributed by atoms with Gasteiger partial charge in [0.2, 0.25) is 5.91 Å². The number of halogens is 1. The van der Waals surface area contributed by atoms with Crippen LogP contribution in [0.3, 0.4) is 0 Å². The number of hydrazine groups is 2. The molecule has 1 aromatic rings. The molecule has 1 aliphatic carbocycles. The Kier molecular flexibility index (Phi) is 6.73. The van der Waals surface area contributed by atoms with Crippen LogP contribution in [0.5, 0.6) is 0 Å². The Morgan fingerprint density at radius 1 is 1.11 bits per heavy atom. The molecule has 3 atom stereocenters. The molecule has 5 rings (SSSR count). The summed E-state index contributed by atoms with van der Waals surface area (Å²) in [5.41, 5.74) is 10.1. The molecule has 3 aliphatic heterocycles. The number of benzene rings is 1. The number of rotatable bonds is 4. The summed E-state index contributed by atoms with van der Waals surface area (Å²) in [6, 6.07) is 5.29. The zero-order valence-corrected chi connectivity index (χ0v) is 21.3. The summed E-state index contributed by atoms with van der Waals surface area (Å²) in [7, 11) is -3.47. The predicted octanol–water partition coefficient (Wildman–Crippen LogP) is 1.45. The smallest absolute Gasteiger partial charge is 0.410 e. The molecule has 3 saturated heterocycles. The van der Waals surface area contributed by atoms with Crippen molar-refractivity contribution in [3.8, 4) is 0 Å². The van der Waals surface area contributed by atoms with E-state index >= 15 is 0 Å². The van der Waals surface area contributed by atoms with Gasteiger partial charge in [0.05, 0.1) is 9.92 Å². The molecular weight excluding hydrogens is 494 g/mol. The van der Waals surface area contributed by atoms with E-state index in [1.54, 1.807) is 11.0 Å². The minimum absolute atomic E-state index is 0.0222. The first kappa shape index (κ1) is 24.8. The predicted molar refractivity (Wildman–Crippen MR) is 129 cm³/mol. The maximum atomic E-state index is 13.0. The van der Waals surface area contributed by atoms with Gasteiger partial charge in [0, 0.05) is 55.9 Å². The summed E-state index contributed by atoms with van der Waals surface area (Å²) in [4.78, 5) is 29.3. The molecule has 0 aromatic heterocycles. The molecule has 3 heterocycles. The molecule has 35 heavy (non-hydrogen) atoms. The molecule has 10 nitrogen and oxygen atoms in total. The van der Waals surface area contributed by atoms with Crippen LogP contribution in [0.25, 0.3) is 0 Å². The highest BCUT2D eigenvalue weighted by molar-refractivity contribution is 7.90. The lowest BCUT2D eigenvalue weighted by Crippen LogP contribution is -2.63. The number of likely N-dealkylation sites (tertiary alicyclic amines) is 2. The third-order valence-corrected chi connectivity index (χ3v) is 9.50. The van der Waals surface area contributed by atoms with Crippen LogP contribution in [0.2, 0.25) is 5.02 Å². The average molecular weight is 526 g/mol. The van der Waals surface area contributed by atoms with E-state index in [-0.39, 0.29) is 33.8 Å². The second-order valence-corrected chi connectivity index (χ2v) is 12.8. The maximum Gasteiger partial charge on any atom is 0.410 e. The van der Waals surface area contributed by atoms with Crippen molar-refractivity contribution in [2.75, 3.05) is 32.4 Å². The van der Waals surface area contributed by atoms with Gasteiger partial charge in [-0.25, -0.2) is 24.1 Å². The fraction of sp³-hybridized carbons (Fsp3) is 0.652. The molecule has 0 radical (unpaired) electrons. The van der Waals surface area contributed by atoms with Gasteiger partial charge < -0.3 is 14.5 Å². The van der Waals surface area contributed by atoms with Crippen LogP contribution < -0.4 is 16.4 Å². The zero-order chi connectivity index (χ0) is 24.8. The van der Waals surface area contributed by atoms with Gasteiger partial charge in [0.15, 0.2) is 9.84 Å². The van der Waals surface area contributed by atoms with E-state index < -0.39 is 15.9 Å². The quantitative estimate of drug-likeness (QED) is 0.540. The van der Waals surface area contributed by atoms with E-state index in [2.05, 4.69) is 16.4 Å².